The van der Waals surface area contributed by atoms with Crippen molar-refractivity contribution in [3.8, 4) is 0 Å². The Morgan fingerprint density at radius 2 is 1.33 bits per heavy atom. The maximum absolute atomic E-state index is 11.7. The van der Waals surface area contributed by atoms with Gasteiger partial charge < -0.3 is 5.73 Å². The van der Waals surface area contributed by atoms with E-state index in [4.69, 9.17) is 5.73 Å². The highest BCUT2D eigenvalue weighted by atomic mass is 19.1. The molecular weight excluding hydrogens is 477 g/mol. The van der Waals surface area contributed by atoms with E-state index in [0.717, 1.165) is 49.1 Å². The summed E-state index contributed by atoms with van der Waals surface area (Å²) in [6.45, 7) is 21.5. The summed E-state index contributed by atoms with van der Waals surface area (Å²) >= 11 is 0. The van der Waals surface area contributed by atoms with E-state index in [9.17, 15) is 4.39 Å². The Labute approximate surface area is 242 Å². The molecule has 0 bridgehead atoms. The number of rotatable bonds is 9. The van der Waals surface area contributed by atoms with Gasteiger partial charge in [0.2, 0.25) is 0 Å². The lowest BCUT2D eigenvalue weighted by molar-refractivity contribution is 0.246. The molecular formula is C37H62FN. The Hall–Kier alpha value is -2.09. The highest BCUT2D eigenvalue weighted by Crippen LogP contribution is 2.33. The average molecular weight is 540 g/mol. The molecule has 222 valence electrons. The van der Waals surface area contributed by atoms with Crippen LogP contribution in [0.25, 0.3) is 0 Å². The molecule has 1 nitrogen and oxygen atoms in total. The van der Waals surface area contributed by atoms with Crippen LogP contribution < -0.4 is 5.73 Å². The Morgan fingerprint density at radius 1 is 0.897 bits per heavy atom. The predicted molar refractivity (Wildman–Crippen MR) is 174 cm³/mol. The smallest absolute Gasteiger partial charge is 0.102 e. The first-order chi connectivity index (χ1) is 18.2. The molecule has 1 fully saturated rings. The van der Waals surface area contributed by atoms with Gasteiger partial charge in [-0.1, -0.05) is 115 Å². The lowest BCUT2D eigenvalue weighted by atomic mass is 9.97. The summed E-state index contributed by atoms with van der Waals surface area (Å²) in [5.74, 6) is 2.85. The molecule has 3 rings (SSSR count). The normalized spacial score (nSPS) is 16.3. The third-order valence-corrected chi connectivity index (χ3v) is 6.40. The molecule has 1 aliphatic rings. The monoisotopic (exact) mass is 539 g/mol. The molecule has 2 N–H and O–H groups in total. The third-order valence-electron chi connectivity index (χ3n) is 6.40. The minimum Gasteiger partial charge on any atom is -0.403 e. The van der Waals surface area contributed by atoms with Crippen molar-refractivity contribution in [1.82, 2.24) is 0 Å². The van der Waals surface area contributed by atoms with E-state index in [1.54, 1.807) is 0 Å². The van der Waals surface area contributed by atoms with Crippen LogP contribution in [0.5, 0.6) is 0 Å². The summed E-state index contributed by atoms with van der Waals surface area (Å²) in [6.07, 6.45) is 12.7. The first kappa shape index (κ1) is 36.9. The topological polar surface area (TPSA) is 26.0 Å². The van der Waals surface area contributed by atoms with Crippen molar-refractivity contribution in [1.29, 1.82) is 0 Å². The summed E-state index contributed by atoms with van der Waals surface area (Å²) in [6, 6.07) is 17.8. The molecule has 1 aliphatic carbocycles. The van der Waals surface area contributed by atoms with E-state index in [1.165, 1.54) is 81.5 Å². The van der Waals surface area contributed by atoms with Crippen LogP contribution in [-0.2, 0) is 19.3 Å². The summed E-state index contributed by atoms with van der Waals surface area (Å²) in [4.78, 5) is 0. The van der Waals surface area contributed by atoms with Crippen LogP contribution in [0.4, 0.5) is 4.39 Å². The average Bonchev–Trinajstić information content (AvgIpc) is 3.24. The third kappa shape index (κ3) is 24.7. The maximum Gasteiger partial charge on any atom is 0.102 e. The zero-order chi connectivity index (χ0) is 29.8. The number of hydrogen-bond acceptors (Lipinski definition) is 1. The SMILES string of the molecule is C=C(N)CCCc1ccc(CC)cc1.CC(C)(C)F.CC(C)C.Cc1ccc(CCCC2CCC(C)C2)cc1. The van der Waals surface area contributed by atoms with Crippen LogP contribution in [0.2, 0.25) is 0 Å². The number of alkyl halides is 1. The fourth-order valence-electron chi connectivity index (χ4n) is 4.40. The zero-order valence-electron chi connectivity index (χ0n) is 27.1. The van der Waals surface area contributed by atoms with Crippen molar-refractivity contribution in [2.75, 3.05) is 0 Å². The Morgan fingerprint density at radius 3 is 1.74 bits per heavy atom. The first-order valence-corrected chi connectivity index (χ1v) is 15.4. The fourth-order valence-corrected chi connectivity index (χ4v) is 4.40. The number of aryl methyl sites for hydroxylation is 4. The summed E-state index contributed by atoms with van der Waals surface area (Å²) < 4.78 is 11.7. The summed E-state index contributed by atoms with van der Waals surface area (Å²) in [5.41, 5.74) is 11.0. The lowest BCUT2D eigenvalue weighted by Crippen LogP contribution is -2.01. The lowest BCUT2D eigenvalue weighted by Gasteiger charge is -2.09. The molecule has 2 atom stereocenters. The van der Waals surface area contributed by atoms with Gasteiger partial charge in [0.25, 0.3) is 0 Å². The number of benzene rings is 2. The predicted octanol–water partition coefficient (Wildman–Crippen LogP) is 11.2. The van der Waals surface area contributed by atoms with Crippen molar-refractivity contribution in [2.24, 2.45) is 23.5 Å². The van der Waals surface area contributed by atoms with Crippen LogP contribution >= 0.6 is 0 Å². The highest BCUT2D eigenvalue weighted by molar-refractivity contribution is 5.23. The van der Waals surface area contributed by atoms with E-state index in [0.29, 0.717) is 0 Å². The van der Waals surface area contributed by atoms with Crippen molar-refractivity contribution < 1.29 is 4.39 Å². The second kappa shape index (κ2) is 20.8. The number of nitrogens with two attached hydrogens (primary N) is 1. The first-order valence-electron chi connectivity index (χ1n) is 15.4. The van der Waals surface area contributed by atoms with E-state index < -0.39 is 5.67 Å². The molecule has 2 heteroatoms. The standard InChI is InChI=1S/C16H24.C13H19N.C4H9F.C4H10/c1-13-6-9-15(10-7-13)4-3-5-16-11-8-14(2)12-16;1-3-12-7-9-13(10-8-12)6-4-5-11(2)14;1-4(2,3)5;1-4(2)3/h6-7,9-10,14,16H,3-5,8,11-12H2,1-2H3;7-10H,2-6,14H2,1H3;1-3H3;4H,1-3H3. The molecule has 2 aromatic rings. The van der Waals surface area contributed by atoms with Crippen molar-refractivity contribution in [3.05, 3.63) is 83.1 Å². The van der Waals surface area contributed by atoms with Gasteiger partial charge in [0.05, 0.1) is 0 Å². The minimum absolute atomic E-state index is 0.787. The zero-order valence-corrected chi connectivity index (χ0v) is 27.1. The number of hydrogen-bond donors (Lipinski definition) is 1. The Bertz CT molecular complexity index is 849. The Balaban J connectivity index is 0.000000571. The van der Waals surface area contributed by atoms with Crippen molar-refractivity contribution >= 4 is 0 Å². The quantitative estimate of drug-likeness (QED) is 0.337. The molecule has 0 amide bonds. The summed E-state index contributed by atoms with van der Waals surface area (Å²) in [7, 11) is 0. The van der Waals surface area contributed by atoms with Crippen LogP contribution in [0.15, 0.2) is 60.8 Å². The van der Waals surface area contributed by atoms with E-state index >= 15 is 0 Å². The molecule has 0 aliphatic heterocycles. The molecule has 2 unspecified atom stereocenters. The second-order valence-corrected chi connectivity index (χ2v) is 13.1. The largest absolute Gasteiger partial charge is 0.403 e. The molecule has 0 spiro atoms. The van der Waals surface area contributed by atoms with E-state index in [2.05, 4.69) is 96.7 Å². The summed E-state index contributed by atoms with van der Waals surface area (Å²) in [5, 5.41) is 0. The second-order valence-electron chi connectivity index (χ2n) is 13.1. The van der Waals surface area contributed by atoms with Gasteiger partial charge in [-0.15, -0.1) is 0 Å². The van der Waals surface area contributed by atoms with Gasteiger partial charge in [-0.2, -0.15) is 0 Å². The molecule has 0 aromatic heterocycles. The van der Waals surface area contributed by atoms with Crippen molar-refractivity contribution in [3.63, 3.8) is 0 Å². The molecule has 0 saturated heterocycles. The van der Waals surface area contributed by atoms with Gasteiger partial charge in [-0.3, -0.25) is 0 Å². The van der Waals surface area contributed by atoms with Crippen LogP contribution in [0.3, 0.4) is 0 Å². The highest BCUT2D eigenvalue weighted by Gasteiger charge is 2.20. The van der Waals surface area contributed by atoms with Crippen LogP contribution in [-0.4, -0.2) is 5.67 Å². The van der Waals surface area contributed by atoms with E-state index in [1.807, 2.05) is 0 Å². The van der Waals surface area contributed by atoms with E-state index in [-0.39, 0.29) is 0 Å². The molecule has 0 radical (unpaired) electrons. The molecule has 1 saturated carbocycles. The van der Waals surface area contributed by atoms with Gasteiger partial charge in [-0.05, 0) is 107 Å². The molecule has 2 aromatic carbocycles. The van der Waals surface area contributed by atoms with Gasteiger partial charge in [0, 0.05) is 5.70 Å². The molecule has 39 heavy (non-hydrogen) atoms. The Kier molecular flexibility index (Phi) is 19.7. The minimum atomic E-state index is -1.00. The maximum atomic E-state index is 11.7. The van der Waals surface area contributed by atoms with Gasteiger partial charge >= 0.3 is 0 Å². The molecule has 0 heterocycles. The number of allylic oxidation sites excluding steroid dienone is 1. The van der Waals surface area contributed by atoms with Gasteiger partial charge in [0.1, 0.15) is 5.67 Å². The van der Waals surface area contributed by atoms with Crippen molar-refractivity contribution in [2.45, 2.75) is 132 Å². The van der Waals surface area contributed by atoms with Crippen LogP contribution in [0, 0.1) is 24.7 Å². The van der Waals surface area contributed by atoms with Crippen LogP contribution in [0.1, 0.15) is 123 Å². The van der Waals surface area contributed by atoms with Gasteiger partial charge in [-0.25, -0.2) is 4.39 Å². The van der Waals surface area contributed by atoms with Gasteiger partial charge in [0.15, 0.2) is 0 Å². The number of halogens is 1. The fraction of sp³-hybridized carbons (Fsp3) is 0.622.